The molecule has 0 bridgehead atoms. The van der Waals surface area contributed by atoms with E-state index in [1.54, 1.807) is 6.92 Å². The molecule has 0 saturated heterocycles. The van der Waals surface area contributed by atoms with Gasteiger partial charge in [-0.2, -0.15) is 5.10 Å². The molecule has 0 aliphatic carbocycles. The second-order valence-corrected chi connectivity index (χ2v) is 5.44. The monoisotopic (exact) mass is 319 g/mol. The number of aryl methyl sites for hydroxylation is 2. The summed E-state index contributed by atoms with van der Waals surface area (Å²) < 4.78 is 15.8. The van der Waals surface area contributed by atoms with Gasteiger partial charge in [0.2, 0.25) is 0 Å². The predicted octanol–water partition coefficient (Wildman–Crippen LogP) is 2.17. The van der Waals surface area contributed by atoms with Crippen LogP contribution < -0.4 is 0 Å². The van der Waals surface area contributed by atoms with Crippen LogP contribution in [0.2, 0.25) is 0 Å². The summed E-state index contributed by atoms with van der Waals surface area (Å²) in [5, 5.41) is 13.2. The van der Waals surface area contributed by atoms with Crippen molar-refractivity contribution < 1.29 is 19.1 Å². The van der Waals surface area contributed by atoms with Crippen molar-refractivity contribution >= 4 is 11.9 Å². The Labute approximate surface area is 133 Å². The summed E-state index contributed by atoms with van der Waals surface area (Å²) in [6.07, 6.45) is 0. The third-order valence-electron chi connectivity index (χ3n) is 3.69. The summed E-state index contributed by atoms with van der Waals surface area (Å²) in [6.45, 7) is 5.00. The van der Waals surface area contributed by atoms with Gasteiger partial charge in [-0.25, -0.2) is 13.9 Å². The fourth-order valence-corrected chi connectivity index (χ4v) is 2.23. The van der Waals surface area contributed by atoms with Crippen LogP contribution in [0.1, 0.15) is 28.7 Å². The van der Waals surface area contributed by atoms with Gasteiger partial charge >= 0.3 is 5.97 Å². The number of hydrogen-bond acceptors (Lipinski definition) is 3. The highest BCUT2D eigenvalue weighted by atomic mass is 19.1. The molecule has 1 amide bonds. The van der Waals surface area contributed by atoms with Crippen LogP contribution >= 0.6 is 0 Å². The summed E-state index contributed by atoms with van der Waals surface area (Å²) in [6, 6.07) is 4.84. The van der Waals surface area contributed by atoms with E-state index in [0.29, 0.717) is 0 Å². The van der Waals surface area contributed by atoms with Crippen molar-refractivity contribution in [3.8, 4) is 5.69 Å². The van der Waals surface area contributed by atoms with E-state index >= 15 is 0 Å². The molecule has 0 aliphatic rings. The Hall–Kier alpha value is -2.70. The van der Waals surface area contributed by atoms with Crippen molar-refractivity contribution in [1.29, 1.82) is 0 Å². The summed E-state index contributed by atoms with van der Waals surface area (Å²) in [5.74, 6) is -2.28. The topological polar surface area (TPSA) is 75.4 Å². The van der Waals surface area contributed by atoms with Crippen LogP contribution in [-0.2, 0) is 4.79 Å². The van der Waals surface area contributed by atoms with Crippen molar-refractivity contribution in [1.82, 2.24) is 14.7 Å². The number of likely N-dealkylation sites (N-methyl/N-ethyl adjacent to an activating group) is 1. The molecule has 1 unspecified atom stereocenters. The number of rotatable bonds is 4. The molecule has 0 radical (unpaired) electrons. The highest BCUT2D eigenvalue weighted by Gasteiger charge is 2.23. The zero-order chi connectivity index (χ0) is 17.3. The zero-order valence-electron chi connectivity index (χ0n) is 13.4. The Morgan fingerprint density at radius 3 is 2.43 bits per heavy atom. The first-order valence-electron chi connectivity index (χ1n) is 7.05. The number of nitrogens with zero attached hydrogens (tertiary/aromatic N) is 3. The third kappa shape index (κ3) is 3.23. The highest BCUT2D eigenvalue weighted by molar-refractivity contribution is 5.96. The van der Waals surface area contributed by atoms with Crippen LogP contribution in [0.5, 0.6) is 0 Å². The van der Waals surface area contributed by atoms with Gasteiger partial charge in [0, 0.05) is 18.3 Å². The quantitative estimate of drug-likeness (QED) is 0.937. The molecule has 2 rings (SSSR count). The number of carboxylic acid groups (broad SMARTS) is 1. The largest absolute Gasteiger partial charge is 0.480 e. The summed E-state index contributed by atoms with van der Waals surface area (Å²) in [5.41, 5.74) is 1.86. The van der Waals surface area contributed by atoms with Crippen molar-refractivity contribution in [3.63, 3.8) is 0 Å². The molecule has 1 N–H and O–H groups in total. The zero-order valence-corrected chi connectivity index (χ0v) is 13.4. The molecule has 23 heavy (non-hydrogen) atoms. The Balaban J connectivity index is 2.34. The summed E-state index contributed by atoms with van der Waals surface area (Å²) in [4.78, 5) is 24.2. The van der Waals surface area contributed by atoms with Crippen LogP contribution in [-0.4, -0.2) is 44.8 Å². The minimum atomic E-state index is -1.12. The van der Waals surface area contributed by atoms with Gasteiger partial charge in [-0.05, 0) is 45.0 Å². The number of hydrogen-bond donors (Lipinski definition) is 1. The molecule has 1 aromatic heterocycles. The predicted molar refractivity (Wildman–Crippen MR) is 82.2 cm³/mol. The standard InChI is InChI=1S/C16H18FN3O3/c1-9-7-10(2)20(18-9)14-6-5-12(8-13(14)17)15(21)19(4)11(3)16(22)23/h5-8,11H,1-4H3,(H,22,23). The lowest BCUT2D eigenvalue weighted by atomic mass is 10.1. The maximum absolute atomic E-state index is 14.4. The molecule has 0 fully saturated rings. The van der Waals surface area contributed by atoms with Crippen LogP contribution in [0.4, 0.5) is 4.39 Å². The van der Waals surface area contributed by atoms with Crippen LogP contribution in [0.3, 0.4) is 0 Å². The molecule has 1 aromatic carbocycles. The molecule has 122 valence electrons. The summed E-state index contributed by atoms with van der Waals surface area (Å²) >= 11 is 0. The van der Waals surface area contributed by atoms with Gasteiger partial charge in [-0.3, -0.25) is 4.79 Å². The van der Waals surface area contributed by atoms with E-state index < -0.39 is 23.7 Å². The molecular weight excluding hydrogens is 301 g/mol. The van der Waals surface area contributed by atoms with E-state index in [2.05, 4.69) is 5.10 Å². The highest BCUT2D eigenvalue weighted by Crippen LogP contribution is 2.18. The van der Waals surface area contributed by atoms with E-state index in [4.69, 9.17) is 5.11 Å². The van der Waals surface area contributed by atoms with Gasteiger partial charge in [-0.1, -0.05) is 0 Å². The Morgan fingerprint density at radius 1 is 1.30 bits per heavy atom. The van der Waals surface area contributed by atoms with Crippen molar-refractivity contribution in [2.24, 2.45) is 0 Å². The van der Waals surface area contributed by atoms with Crippen LogP contribution in [0.15, 0.2) is 24.3 Å². The first-order chi connectivity index (χ1) is 10.7. The fraction of sp³-hybridized carbons (Fsp3) is 0.312. The minimum Gasteiger partial charge on any atom is -0.480 e. The number of carbonyl (C=O) groups is 2. The fourth-order valence-electron chi connectivity index (χ4n) is 2.23. The number of carbonyl (C=O) groups excluding carboxylic acids is 1. The van der Waals surface area contributed by atoms with Crippen molar-refractivity contribution in [3.05, 3.63) is 47.0 Å². The third-order valence-corrected chi connectivity index (χ3v) is 3.69. The number of amides is 1. The Kier molecular flexibility index (Phi) is 4.49. The molecular formula is C16H18FN3O3. The van der Waals surface area contributed by atoms with Gasteiger partial charge < -0.3 is 10.0 Å². The first kappa shape index (κ1) is 16.7. The maximum Gasteiger partial charge on any atom is 0.326 e. The van der Waals surface area contributed by atoms with Crippen molar-refractivity contribution in [2.45, 2.75) is 26.8 Å². The van der Waals surface area contributed by atoms with Crippen LogP contribution in [0, 0.1) is 19.7 Å². The minimum absolute atomic E-state index is 0.0865. The number of aliphatic carboxylic acids is 1. The lowest BCUT2D eigenvalue weighted by molar-refractivity contribution is -0.141. The maximum atomic E-state index is 14.4. The van der Waals surface area contributed by atoms with Gasteiger partial charge in [0.1, 0.15) is 17.5 Å². The lowest BCUT2D eigenvalue weighted by Gasteiger charge is -2.21. The van der Waals surface area contributed by atoms with E-state index in [-0.39, 0.29) is 11.3 Å². The molecule has 6 nitrogen and oxygen atoms in total. The number of aromatic nitrogens is 2. The van der Waals surface area contributed by atoms with Gasteiger partial charge in [0.15, 0.2) is 0 Å². The molecule has 2 aromatic rings. The Morgan fingerprint density at radius 2 is 1.96 bits per heavy atom. The molecule has 0 aliphatic heterocycles. The van der Waals surface area contributed by atoms with Gasteiger partial charge in [0.25, 0.3) is 5.91 Å². The first-order valence-corrected chi connectivity index (χ1v) is 7.05. The number of benzene rings is 1. The van der Waals surface area contributed by atoms with Crippen molar-refractivity contribution in [2.75, 3.05) is 7.05 Å². The van der Waals surface area contributed by atoms with Crippen LogP contribution in [0.25, 0.3) is 5.69 Å². The van der Waals surface area contributed by atoms with E-state index in [1.807, 2.05) is 13.0 Å². The average molecular weight is 319 g/mol. The number of carboxylic acids is 1. The van der Waals surface area contributed by atoms with E-state index in [0.717, 1.165) is 22.4 Å². The molecule has 1 atom stereocenters. The smallest absolute Gasteiger partial charge is 0.326 e. The molecule has 1 heterocycles. The van der Waals surface area contributed by atoms with Gasteiger partial charge in [0.05, 0.1) is 5.69 Å². The van der Waals surface area contributed by atoms with Gasteiger partial charge in [-0.15, -0.1) is 0 Å². The molecule has 0 saturated carbocycles. The normalized spacial score (nSPS) is 12.0. The lowest BCUT2D eigenvalue weighted by Crippen LogP contribution is -2.40. The number of halogens is 1. The Bertz CT molecular complexity index is 770. The summed E-state index contributed by atoms with van der Waals surface area (Å²) in [7, 11) is 1.37. The molecule has 7 heteroatoms. The molecule has 0 spiro atoms. The second kappa shape index (κ2) is 6.20. The van der Waals surface area contributed by atoms with E-state index in [9.17, 15) is 14.0 Å². The second-order valence-electron chi connectivity index (χ2n) is 5.44. The SMILES string of the molecule is Cc1cc(C)n(-c2ccc(C(=O)N(C)C(C)C(=O)O)cc2F)n1. The average Bonchev–Trinajstić information content (AvgIpc) is 2.83. The van der Waals surface area contributed by atoms with E-state index in [1.165, 1.54) is 30.8 Å².